The molecule has 1 aliphatic rings. The van der Waals surface area contributed by atoms with E-state index in [0.717, 1.165) is 6.92 Å². The summed E-state index contributed by atoms with van der Waals surface area (Å²) in [6.45, 7) is 1.16. The Hall–Kier alpha value is -0.450. The summed E-state index contributed by atoms with van der Waals surface area (Å²) in [5, 5.41) is 0. The molecule has 3 nitrogen and oxygen atoms in total. The van der Waals surface area contributed by atoms with Gasteiger partial charge >= 0.3 is 0 Å². The highest BCUT2D eigenvalue weighted by Gasteiger charge is 2.41. The predicted molar refractivity (Wildman–Crippen MR) is 42.4 cm³/mol. The molecule has 0 amide bonds. The molecule has 70 valence electrons. The highest BCUT2D eigenvalue weighted by Crippen LogP contribution is 2.28. The fourth-order valence-corrected chi connectivity index (χ4v) is 2.69. The van der Waals surface area contributed by atoms with Crippen LogP contribution in [0.1, 0.15) is 19.8 Å². The van der Waals surface area contributed by atoms with Gasteiger partial charge in [-0.15, -0.1) is 0 Å². The molecule has 1 fully saturated rings. The molecule has 1 rings (SSSR count). The van der Waals surface area contributed by atoms with Crippen molar-refractivity contribution in [3.8, 4) is 0 Å². The lowest BCUT2D eigenvalue weighted by Gasteiger charge is -2.26. The van der Waals surface area contributed by atoms with Crippen LogP contribution in [-0.2, 0) is 14.6 Å². The van der Waals surface area contributed by atoms with Crippen molar-refractivity contribution < 1.29 is 17.6 Å². The second-order valence-electron chi connectivity index (χ2n) is 3.17. The molecular weight excluding hydrogens is 183 g/mol. The van der Waals surface area contributed by atoms with E-state index >= 15 is 0 Å². The quantitative estimate of drug-likeness (QED) is 0.610. The van der Waals surface area contributed by atoms with E-state index in [-0.39, 0.29) is 24.3 Å². The van der Waals surface area contributed by atoms with E-state index < -0.39 is 21.3 Å². The Labute approximate surface area is 70.9 Å². The van der Waals surface area contributed by atoms with Crippen molar-refractivity contribution in [3.63, 3.8) is 0 Å². The van der Waals surface area contributed by atoms with Crippen molar-refractivity contribution in [2.24, 2.45) is 0 Å². The van der Waals surface area contributed by atoms with Gasteiger partial charge in [-0.05, 0) is 6.92 Å². The van der Waals surface area contributed by atoms with Gasteiger partial charge in [0, 0.05) is 12.8 Å². The standard InChI is InChI=1S/C7H11FO3S/c1-6(9)7(8)2-4-12(10,11)5-3-7/h2-5H2,1H3. The van der Waals surface area contributed by atoms with Crippen LogP contribution in [0.5, 0.6) is 0 Å². The molecule has 0 bridgehead atoms. The summed E-state index contributed by atoms with van der Waals surface area (Å²) in [6.07, 6.45) is -0.352. The topological polar surface area (TPSA) is 51.2 Å². The summed E-state index contributed by atoms with van der Waals surface area (Å²) in [7, 11) is -3.08. The van der Waals surface area contributed by atoms with Gasteiger partial charge < -0.3 is 0 Å². The molecule has 0 aliphatic carbocycles. The van der Waals surface area contributed by atoms with Gasteiger partial charge in [0.15, 0.2) is 21.3 Å². The summed E-state index contributed by atoms with van der Waals surface area (Å²) in [6, 6.07) is 0. The smallest absolute Gasteiger partial charge is 0.170 e. The second kappa shape index (κ2) is 2.80. The third-order valence-electron chi connectivity index (χ3n) is 2.25. The van der Waals surface area contributed by atoms with Gasteiger partial charge in [-0.3, -0.25) is 4.79 Å². The van der Waals surface area contributed by atoms with Crippen LogP contribution in [0.15, 0.2) is 0 Å². The minimum absolute atomic E-state index is 0.176. The number of hydrogen-bond acceptors (Lipinski definition) is 3. The van der Waals surface area contributed by atoms with Crippen molar-refractivity contribution in [1.82, 2.24) is 0 Å². The maximum atomic E-state index is 13.4. The molecule has 0 N–H and O–H groups in total. The van der Waals surface area contributed by atoms with Crippen LogP contribution in [0, 0.1) is 0 Å². The summed E-state index contributed by atoms with van der Waals surface area (Å²) >= 11 is 0. The van der Waals surface area contributed by atoms with Crippen molar-refractivity contribution in [2.75, 3.05) is 11.5 Å². The number of carbonyl (C=O) groups is 1. The summed E-state index contributed by atoms with van der Waals surface area (Å²) < 4.78 is 35.2. The molecule has 0 saturated carbocycles. The molecule has 0 unspecified atom stereocenters. The Bertz CT molecular complexity index is 280. The van der Waals surface area contributed by atoms with E-state index in [2.05, 4.69) is 0 Å². The first-order valence-corrected chi connectivity index (χ1v) is 5.58. The van der Waals surface area contributed by atoms with Gasteiger partial charge in [0.05, 0.1) is 11.5 Å². The first-order valence-electron chi connectivity index (χ1n) is 3.76. The molecule has 0 radical (unpaired) electrons. The maximum Gasteiger partial charge on any atom is 0.170 e. The normalized spacial score (nSPS) is 26.5. The van der Waals surface area contributed by atoms with Crippen LogP contribution in [0.2, 0.25) is 0 Å². The third kappa shape index (κ3) is 1.83. The maximum absolute atomic E-state index is 13.4. The number of hydrogen-bond donors (Lipinski definition) is 0. The highest BCUT2D eigenvalue weighted by molar-refractivity contribution is 7.91. The zero-order valence-electron chi connectivity index (χ0n) is 6.84. The van der Waals surface area contributed by atoms with Gasteiger partial charge in [-0.25, -0.2) is 12.8 Å². The number of alkyl halides is 1. The van der Waals surface area contributed by atoms with Gasteiger partial charge in [-0.1, -0.05) is 0 Å². The van der Waals surface area contributed by atoms with Crippen LogP contribution < -0.4 is 0 Å². The van der Waals surface area contributed by atoms with Crippen LogP contribution in [0.3, 0.4) is 0 Å². The zero-order chi connectivity index (χ0) is 9.41. The van der Waals surface area contributed by atoms with Crippen LogP contribution in [0.4, 0.5) is 4.39 Å². The highest BCUT2D eigenvalue weighted by atomic mass is 32.2. The van der Waals surface area contributed by atoms with Crippen LogP contribution in [-0.4, -0.2) is 31.4 Å². The fraction of sp³-hybridized carbons (Fsp3) is 0.857. The fourth-order valence-electron chi connectivity index (χ4n) is 1.21. The number of ketones is 1. The van der Waals surface area contributed by atoms with Gasteiger partial charge in [0.1, 0.15) is 0 Å². The van der Waals surface area contributed by atoms with Crippen LogP contribution >= 0.6 is 0 Å². The second-order valence-corrected chi connectivity index (χ2v) is 5.48. The monoisotopic (exact) mass is 194 g/mol. The Kier molecular flexibility index (Phi) is 2.25. The van der Waals surface area contributed by atoms with Crippen molar-refractivity contribution in [1.29, 1.82) is 0 Å². The first kappa shape index (κ1) is 9.64. The lowest BCUT2D eigenvalue weighted by Crippen LogP contribution is -2.40. The Balaban J connectivity index is 2.74. The SMILES string of the molecule is CC(=O)C1(F)CCS(=O)(=O)CC1. The van der Waals surface area contributed by atoms with E-state index in [9.17, 15) is 17.6 Å². The van der Waals surface area contributed by atoms with E-state index in [1.807, 2.05) is 0 Å². The molecule has 1 aliphatic heterocycles. The Morgan fingerprint density at radius 1 is 1.33 bits per heavy atom. The molecule has 5 heteroatoms. The minimum Gasteiger partial charge on any atom is -0.296 e. The Morgan fingerprint density at radius 2 is 1.75 bits per heavy atom. The van der Waals surface area contributed by atoms with E-state index in [1.165, 1.54) is 0 Å². The van der Waals surface area contributed by atoms with E-state index in [0.29, 0.717) is 0 Å². The molecule has 0 aromatic heterocycles. The van der Waals surface area contributed by atoms with Gasteiger partial charge in [-0.2, -0.15) is 0 Å². The number of halogens is 1. The van der Waals surface area contributed by atoms with Crippen molar-refractivity contribution >= 4 is 15.6 Å². The average Bonchev–Trinajstić information content (AvgIpc) is 1.96. The molecule has 1 heterocycles. The molecule has 0 aromatic rings. The molecular formula is C7H11FO3S. The van der Waals surface area contributed by atoms with E-state index in [4.69, 9.17) is 0 Å². The van der Waals surface area contributed by atoms with Gasteiger partial charge in [0.2, 0.25) is 0 Å². The average molecular weight is 194 g/mol. The Morgan fingerprint density at radius 3 is 2.08 bits per heavy atom. The summed E-state index contributed by atoms with van der Waals surface area (Å²) in [5.41, 5.74) is -1.88. The lowest BCUT2D eigenvalue weighted by molar-refractivity contribution is -0.128. The molecule has 12 heavy (non-hydrogen) atoms. The number of carbonyl (C=O) groups excluding carboxylic acids is 1. The first-order chi connectivity index (χ1) is 5.36. The van der Waals surface area contributed by atoms with E-state index in [1.54, 1.807) is 0 Å². The lowest BCUT2D eigenvalue weighted by atomic mass is 9.95. The number of Topliss-reactive ketones (excluding diaryl/α,β-unsaturated/α-hetero) is 1. The minimum atomic E-state index is -3.08. The van der Waals surface area contributed by atoms with Crippen molar-refractivity contribution in [2.45, 2.75) is 25.4 Å². The third-order valence-corrected chi connectivity index (χ3v) is 3.90. The zero-order valence-corrected chi connectivity index (χ0v) is 7.66. The summed E-state index contributed by atoms with van der Waals surface area (Å²) in [4.78, 5) is 10.8. The molecule has 1 saturated heterocycles. The number of rotatable bonds is 1. The molecule has 0 atom stereocenters. The predicted octanol–water partition coefficient (Wildman–Crippen LogP) is 0.492. The molecule has 0 aromatic carbocycles. The number of sulfone groups is 1. The summed E-state index contributed by atoms with van der Waals surface area (Å²) in [5.74, 6) is -0.969. The van der Waals surface area contributed by atoms with Gasteiger partial charge in [0.25, 0.3) is 0 Å². The molecule has 0 spiro atoms. The van der Waals surface area contributed by atoms with Crippen LogP contribution in [0.25, 0.3) is 0 Å². The largest absolute Gasteiger partial charge is 0.296 e. The van der Waals surface area contributed by atoms with Crippen molar-refractivity contribution in [3.05, 3.63) is 0 Å².